The lowest BCUT2D eigenvalue weighted by atomic mass is 9.91. The van der Waals surface area contributed by atoms with E-state index >= 15 is 0 Å². The molecule has 5 heteroatoms. The molecule has 2 aromatic rings. The Morgan fingerprint density at radius 2 is 1.65 bits per heavy atom. The minimum Gasteiger partial charge on any atom is -0.457 e. The van der Waals surface area contributed by atoms with Gasteiger partial charge in [-0.15, -0.1) is 23.2 Å². The fourth-order valence-corrected chi connectivity index (χ4v) is 3.41. The van der Waals surface area contributed by atoms with Crippen LogP contribution < -0.4 is 4.74 Å². The molecular formula is C21H20Cl2O3. The molecule has 0 atom stereocenters. The molecule has 2 aromatic carbocycles. The van der Waals surface area contributed by atoms with Gasteiger partial charge in [-0.3, -0.25) is 9.59 Å². The zero-order chi connectivity index (χ0) is 18.5. The van der Waals surface area contributed by atoms with E-state index in [1.165, 1.54) is 0 Å². The Hall–Kier alpha value is -1.84. The molecule has 0 bridgehead atoms. The quantitative estimate of drug-likeness (QED) is 0.361. The van der Waals surface area contributed by atoms with Crippen molar-refractivity contribution in [2.75, 3.05) is 11.8 Å². The van der Waals surface area contributed by atoms with Crippen molar-refractivity contribution in [1.82, 2.24) is 0 Å². The summed E-state index contributed by atoms with van der Waals surface area (Å²) in [5.74, 6) is 2.52. The fraction of sp³-hybridized carbons (Fsp3) is 0.333. The number of carbonyl (C=O) groups is 2. The van der Waals surface area contributed by atoms with Crippen molar-refractivity contribution < 1.29 is 14.3 Å². The molecule has 0 fully saturated rings. The molecule has 3 rings (SSSR count). The molecule has 136 valence electrons. The third kappa shape index (κ3) is 4.11. The third-order valence-electron chi connectivity index (χ3n) is 4.48. The van der Waals surface area contributed by atoms with E-state index in [0.717, 1.165) is 16.9 Å². The standard InChI is InChI=1S/C21H20Cl2O3/c22-10-2-5-18(24)14-8-9-20-15(12-14)13-17-16(19(25)6-3-11-23)4-1-7-21(17)26-20/h1,4,7-9,12H,2-3,5-6,10-11,13H2. The smallest absolute Gasteiger partial charge is 0.163 e. The van der Waals surface area contributed by atoms with Crippen LogP contribution in [-0.4, -0.2) is 23.3 Å². The van der Waals surface area contributed by atoms with Crippen LogP contribution >= 0.6 is 23.2 Å². The third-order valence-corrected chi connectivity index (χ3v) is 5.01. The first-order valence-electron chi connectivity index (χ1n) is 8.75. The van der Waals surface area contributed by atoms with Crippen LogP contribution in [0.2, 0.25) is 0 Å². The number of benzene rings is 2. The Balaban J connectivity index is 1.88. The van der Waals surface area contributed by atoms with Crippen molar-refractivity contribution in [2.24, 2.45) is 0 Å². The van der Waals surface area contributed by atoms with E-state index in [1.807, 2.05) is 30.3 Å². The van der Waals surface area contributed by atoms with E-state index < -0.39 is 0 Å². The van der Waals surface area contributed by atoms with Gasteiger partial charge in [0.15, 0.2) is 11.6 Å². The first-order valence-corrected chi connectivity index (χ1v) is 9.82. The van der Waals surface area contributed by atoms with E-state index in [-0.39, 0.29) is 11.6 Å². The van der Waals surface area contributed by atoms with Gasteiger partial charge in [0.25, 0.3) is 0 Å². The Kier molecular flexibility index (Phi) is 6.33. The number of hydrogen-bond donors (Lipinski definition) is 0. The fourth-order valence-electron chi connectivity index (χ4n) is 3.14. The molecule has 1 aliphatic rings. The number of hydrogen-bond acceptors (Lipinski definition) is 3. The van der Waals surface area contributed by atoms with Gasteiger partial charge in [-0.05, 0) is 37.1 Å². The maximum absolute atomic E-state index is 12.5. The van der Waals surface area contributed by atoms with E-state index in [0.29, 0.717) is 60.7 Å². The van der Waals surface area contributed by atoms with Crippen molar-refractivity contribution in [3.05, 3.63) is 58.7 Å². The van der Waals surface area contributed by atoms with Crippen molar-refractivity contribution in [1.29, 1.82) is 0 Å². The van der Waals surface area contributed by atoms with Crippen molar-refractivity contribution in [3.8, 4) is 11.5 Å². The predicted molar refractivity (Wildman–Crippen MR) is 104 cm³/mol. The SMILES string of the molecule is O=C(CCCCl)c1ccc2c(c1)Cc1c(cccc1C(=O)CCCCl)O2. The highest BCUT2D eigenvalue weighted by Crippen LogP contribution is 2.39. The lowest BCUT2D eigenvalue weighted by Crippen LogP contribution is -2.11. The van der Waals surface area contributed by atoms with Crippen LogP contribution in [-0.2, 0) is 6.42 Å². The summed E-state index contributed by atoms with van der Waals surface area (Å²) in [5.41, 5.74) is 3.14. The second kappa shape index (κ2) is 8.70. The minimum absolute atomic E-state index is 0.0730. The lowest BCUT2D eigenvalue weighted by molar-refractivity contribution is 0.0972. The molecule has 0 N–H and O–H groups in total. The second-order valence-corrected chi connectivity index (χ2v) is 7.07. The number of Topliss-reactive ketones (excluding diaryl/α,β-unsaturated/α-hetero) is 2. The Labute approximate surface area is 163 Å². The maximum Gasteiger partial charge on any atom is 0.163 e. The highest BCUT2D eigenvalue weighted by molar-refractivity contribution is 6.18. The molecule has 3 nitrogen and oxygen atoms in total. The van der Waals surface area contributed by atoms with Gasteiger partial charge in [0.05, 0.1) is 0 Å². The van der Waals surface area contributed by atoms with E-state index in [1.54, 1.807) is 6.07 Å². The van der Waals surface area contributed by atoms with Crippen LogP contribution in [0.3, 0.4) is 0 Å². The zero-order valence-electron chi connectivity index (χ0n) is 14.4. The van der Waals surface area contributed by atoms with Crippen LogP contribution in [0.5, 0.6) is 11.5 Å². The highest BCUT2D eigenvalue weighted by Gasteiger charge is 2.23. The number of ketones is 2. The topological polar surface area (TPSA) is 43.4 Å². The molecule has 0 aliphatic carbocycles. The molecular weight excluding hydrogens is 371 g/mol. The van der Waals surface area contributed by atoms with E-state index in [2.05, 4.69) is 0 Å². The van der Waals surface area contributed by atoms with Crippen molar-refractivity contribution >= 4 is 34.8 Å². The summed E-state index contributed by atoms with van der Waals surface area (Å²) in [4.78, 5) is 24.8. The molecule has 26 heavy (non-hydrogen) atoms. The summed E-state index contributed by atoms with van der Waals surface area (Å²) in [7, 11) is 0. The number of carbonyl (C=O) groups excluding carboxylic acids is 2. The Morgan fingerprint density at radius 1 is 0.923 bits per heavy atom. The van der Waals surface area contributed by atoms with E-state index in [4.69, 9.17) is 27.9 Å². The first kappa shape index (κ1) is 18.9. The molecule has 0 radical (unpaired) electrons. The van der Waals surface area contributed by atoms with Gasteiger partial charge in [-0.2, -0.15) is 0 Å². The molecule has 0 spiro atoms. The molecule has 0 amide bonds. The molecule has 0 aromatic heterocycles. The molecule has 1 aliphatic heterocycles. The number of fused-ring (bicyclic) bond motifs is 2. The Morgan fingerprint density at radius 3 is 2.38 bits per heavy atom. The molecule has 0 saturated carbocycles. The summed E-state index contributed by atoms with van der Waals surface area (Å²) in [5, 5.41) is 0. The average Bonchev–Trinajstić information content (AvgIpc) is 2.67. The Bertz CT molecular complexity index is 830. The zero-order valence-corrected chi connectivity index (χ0v) is 15.9. The van der Waals surface area contributed by atoms with Gasteiger partial charge >= 0.3 is 0 Å². The monoisotopic (exact) mass is 390 g/mol. The van der Waals surface area contributed by atoms with Crippen molar-refractivity contribution in [2.45, 2.75) is 32.1 Å². The van der Waals surface area contributed by atoms with Crippen LogP contribution in [0.1, 0.15) is 57.5 Å². The van der Waals surface area contributed by atoms with Crippen LogP contribution in [0.25, 0.3) is 0 Å². The summed E-state index contributed by atoms with van der Waals surface area (Å²) < 4.78 is 5.98. The summed E-state index contributed by atoms with van der Waals surface area (Å²) in [6.07, 6.45) is 2.74. The van der Waals surface area contributed by atoms with Gasteiger partial charge in [-0.25, -0.2) is 0 Å². The van der Waals surface area contributed by atoms with Crippen molar-refractivity contribution in [3.63, 3.8) is 0 Å². The number of rotatable bonds is 8. The van der Waals surface area contributed by atoms with Gasteiger partial charge in [0.2, 0.25) is 0 Å². The normalized spacial score (nSPS) is 12.1. The first-order chi connectivity index (χ1) is 12.6. The number of alkyl halides is 2. The number of ether oxygens (including phenoxy) is 1. The minimum atomic E-state index is 0.0730. The van der Waals surface area contributed by atoms with Crippen LogP contribution in [0.15, 0.2) is 36.4 Å². The maximum atomic E-state index is 12.5. The van der Waals surface area contributed by atoms with Gasteiger partial charge in [0, 0.05) is 53.3 Å². The van der Waals surface area contributed by atoms with Gasteiger partial charge in [-0.1, -0.05) is 12.1 Å². The van der Waals surface area contributed by atoms with Crippen LogP contribution in [0.4, 0.5) is 0 Å². The molecule has 0 unspecified atom stereocenters. The van der Waals surface area contributed by atoms with E-state index in [9.17, 15) is 9.59 Å². The predicted octanol–water partition coefficient (Wildman–Crippen LogP) is 5.79. The molecule has 1 heterocycles. The number of halogens is 2. The summed E-state index contributed by atoms with van der Waals surface area (Å²) in [6.45, 7) is 0. The lowest BCUT2D eigenvalue weighted by Gasteiger charge is -2.22. The second-order valence-electron chi connectivity index (χ2n) is 6.32. The average molecular weight is 391 g/mol. The largest absolute Gasteiger partial charge is 0.457 e. The van der Waals surface area contributed by atoms with Gasteiger partial charge in [0.1, 0.15) is 11.5 Å². The summed E-state index contributed by atoms with van der Waals surface area (Å²) in [6, 6.07) is 11.0. The van der Waals surface area contributed by atoms with Gasteiger partial charge < -0.3 is 4.74 Å². The molecule has 0 saturated heterocycles. The highest BCUT2D eigenvalue weighted by atomic mass is 35.5. The summed E-state index contributed by atoms with van der Waals surface area (Å²) >= 11 is 11.4. The van der Waals surface area contributed by atoms with Crippen LogP contribution in [0, 0.1) is 0 Å².